The summed E-state index contributed by atoms with van der Waals surface area (Å²) in [4.78, 5) is 26.5. The molecule has 0 aliphatic carbocycles. The second-order valence-corrected chi connectivity index (χ2v) is 12.7. The molecule has 2 atom stereocenters. The van der Waals surface area contributed by atoms with E-state index in [0.717, 1.165) is 57.8 Å². The molecule has 0 aromatic carbocycles. The highest BCUT2D eigenvalue weighted by atomic mass is 31.2. The molecule has 0 aromatic rings. The minimum atomic E-state index is -4.00. The molecule has 2 unspecified atom stereocenters. The van der Waals surface area contributed by atoms with E-state index in [-0.39, 0.29) is 12.5 Å². The lowest BCUT2D eigenvalue weighted by Gasteiger charge is -2.30. The summed E-state index contributed by atoms with van der Waals surface area (Å²) in [6, 6.07) is 0. The van der Waals surface area contributed by atoms with Crippen LogP contribution >= 0.6 is 7.60 Å². The number of carbonyl (C=O) groups is 1. The summed E-state index contributed by atoms with van der Waals surface area (Å²) in [5.41, 5.74) is -0.916. The fourth-order valence-corrected chi connectivity index (χ4v) is 6.20. The Balaban J connectivity index is 5.19. The first-order valence-corrected chi connectivity index (χ1v) is 17.3. The van der Waals surface area contributed by atoms with Crippen LogP contribution in [0.5, 0.6) is 0 Å². The number of unbranched alkanes of at least 4 members (excludes halogenated alkanes) is 16. The molecule has 0 fully saturated rings. The summed E-state index contributed by atoms with van der Waals surface area (Å²) in [5, 5.41) is 0. The number of carbonyl (C=O) groups excluding carboxylic acids is 1. The van der Waals surface area contributed by atoms with Crippen molar-refractivity contribution in [3.05, 3.63) is 0 Å². The van der Waals surface area contributed by atoms with Gasteiger partial charge in [-0.05, 0) is 25.7 Å². The monoisotopic (exact) mass is 531 g/mol. The number of hydrogen-bond acceptors (Lipinski definition) is 3. The van der Waals surface area contributed by atoms with Crippen LogP contribution in [0.2, 0.25) is 0 Å². The lowest BCUT2D eigenvalue weighted by molar-refractivity contribution is -0.131. The molecule has 0 saturated carbocycles. The molecule has 0 saturated heterocycles. The van der Waals surface area contributed by atoms with E-state index in [4.69, 9.17) is 4.52 Å². The SMILES string of the molecule is CCCCCCCCC(C(=O)N(CCCCCCCC)CCCCCCCC)P(=O)(O)OCCCC. The molecule has 0 radical (unpaired) electrons. The summed E-state index contributed by atoms with van der Waals surface area (Å²) < 4.78 is 18.8. The average Bonchev–Trinajstić information content (AvgIpc) is 2.86. The van der Waals surface area contributed by atoms with Crippen molar-refractivity contribution in [2.45, 2.75) is 168 Å². The van der Waals surface area contributed by atoms with E-state index in [1.807, 2.05) is 11.8 Å². The highest BCUT2D eigenvalue weighted by Gasteiger charge is 2.40. The largest absolute Gasteiger partial charge is 0.342 e. The van der Waals surface area contributed by atoms with Crippen molar-refractivity contribution in [3.8, 4) is 0 Å². The highest BCUT2D eigenvalue weighted by molar-refractivity contribution is 7.54. The summed E-state index contributed by atoms with van der Waals surface area (Å²) in [6.45, 7) is 10.3. The molecule has 36 heavy (non-hydrogen) atoms. The topological polar surface area (TPSA) is 66.8 Å². The number of amides is 1. The zero-order valence-electron chi connectivity index (χ0n) is 24.6. The minimum absolute atomic E-state index is 0.145. The van der Waals surface area contributed by atoms with Crippen molar-refractivity contribution in [2.24, 2.45) is 0 Å². The maximum absolute atomic E-state index is 13.7. The molecule has 5 nitrogen and oxygen atoms in total. The van der Waals surface area contributed by atoms with E-state index < -0.39 is 13.3 Å². The maximum Gasteiger partial charge on any atom is 0.340 e. The average molecular weight is 532 g/mol. The molecule has 0 aromatic heterocycles. The zero-order valence-corrected chi connectivity index (χ0v) is 25.5. The predicted octanol–water partition coefficient (Wildman–Crippen LogP) is 9.66. The van der Waals surface area contributed by atoms with Crippen LogP contribution < -0.4 is 0 Å². The van der Waals surface area contributed by atoms with Crippen LogP contribution in [-0.2, 0) is 13.9 Å². The van der Waals surface area contributed by atoms with Gasteiger partial charge in [0.25, 0.3) is 0 Å². The third kappa shape index (κ3) is 18.8. The highest BCUT2D eigenvalue weighted by Crippen LogP contribution is 2.50. The van der Waals surface area contributed by atoms with Crippen molar-refractivity contribution in [2.75, 3.05) is 19.7 Å². The third-order valence-electron chi connectivity index (χ3n) is 7.16. The Hall–Kier alpha value is -0.380. The molecular formula is C30H62NO4P. The number of nitrogens with zero attached hydrogens (tertiary/aromatic N) is 1. The maximum atomic E-state index is 13.7. The molecular weight excluding hydrogens is 469 g/mol. The van der Waals surface area contributed by atoms with E-state index in [1.165, 1.54) is 70.6 Å². The second kappa shape index (κ2) is 24.9. The summed E-state index contributed by atoms with van der Waals surface area (Å²) in [6.07, 6.45) is 22.7. The summed E-state index contributed by atoms with van der Waals surface area (Å²) >= 11 is 0. The lowest BCUT2D eigenvalue weighted by atomic mass is 10.1. The normalized spacial score (nSPS) is 14.0. The van der Waals surface area contributed by atoms with Gasteiger partial charge in [-0.2, -0.15) is 0 Å². The Bertz CT molecular complexity index is 527. The third-order valence-corrected chi connectivity index (χ3v) is 8.98. The van der Waals surface area contributed by atoms with Gasteiger partial charge in [-0.25, -0.2) is 0 Å². The van der Waals surface area contributed by atoms with Gasteiger partial charge in [-0.1, -0.05) is 137 Å². The van der Waals surface area contributed by atoms with E-state index >= 15 is 0 Å². The molecule has 0 heterocycles. The first kappa shape index (κ1) is 35.6. The van der Waals surface area contributed by atoms with Gasteiger partial charge < -0.3 is 14.3 Å². The Morgan fingerprint density at radius 2 is 1.03 bits per heavy atom. The smallest absolute Gasteiger partial charge is 0.340 e. The fraction of sp³-hybridized carbons (Fsp3) is 0.967. The first-order valence-electron chi connectivity index (χ1n) is 15.7. The van der Waals surface area contributed by atoms with Crippen LogP contribution in [0.4, 0.5) is 0 Å². The molecule has 216 valence electrons. The van der Waals surface area contributed by atoms with Crippen molar-refractivity contribution in [3.63, 3.8) is 0 Å². The molecule has 0 aliphatic rings. The fourth-order valence-electron chi connectivity index (χ4n) is 4.68. The Kier molecular flexibility index (Phi) is 24.7. The van der Waals surface area contributed by atoms with Crippen LogP contribution in [0.3, 0.4) is 0 Å². The van der Waals surface area contributed by atoms with Crippen molar-refractivity contribution >= 4 is 13.5 Å². The quantitative estimate of drug-likeness (QED) is 0.0846. The van der Waals surface area contributed by atoms with Gasteiger partial charge in [0.05, 0.1) is 6.61 Å². The van der Waals surface area contributed by atoms with Gasteiger partial charge in [0.2, 0.25) is 5.91 Å². The zero-order chi connectivity index (χ0) is 26.9. The van der Waals surface area contributed by atoms with Crippen molar-refractivity contribution in [1.82, 2.24) is 4.90 Å². The van der Waals surface area contributed by atoms with Gasteiger partial charge in [0.1, 0.15) is 5.66 Å². The van der Waals surface area contributed by atoms with Crippen LogP contribution in [0, 0.1) is 0 Å². The number of rotatable bonds is 27. The van der Waals surface area contributed by atoms with Crippen LogP contribution in [0.1, 0.15) is 163 Å². The van der Waals surface area contributed by atoms with Crippen LogP contribution in [0.25, 0.3) is 0 Å². The van der Waals surface area contributed by atoms with Crippen LogP contribution in [-0.4, -0.2) is 41.1 Å². The van der Waals surface area contributed by atoms with Gasteiger partial charge in [-0.3, -0.25) is 9.36 Å². The lowest BCUT2D eigenvalue weighted by Crippen LogP contribution is -2.40. The van der Waals surface area contributed by atoms with Gasteiger partial charge in [-0.15, -0.1) is 0 Å². The molecule has 0 spiro atoms. The molecule has 0 aliphatic heterocycles. The minimum Gasteiger partial charge on any atom is -0.342 e. The summed E-state index contributed by atoms with van der Waals surface area (Å²) in [5.74, 6) is -0.145. The summed E-state index contributed by atoms with van der Waals surface area (Å²) in [7, 11) is -4.00. The van der Waals surface area contributed by atoms with Crippen molar-refractivity contribution in [1.29, 1.82) is 0 Å². The van der Waals surface area contributed by atoms with E-state index in [1.54, 1.807) is 0 Å². The second-order valence-electron chi connectivity index (χ2n) is 10.7. The van der Waals surface area contributed by atoms with E-state index in [9.17, 15) is 14.3 Å². The number of hydrogen-bond donors (Lipinski definition) is 1. The Morgan fingerprint density at radius 1 is 0.639 bits per heavy atom. The van der Waals surface area contributed by atoms with Crippen molar-refractivity contribution < 1.29 is 18.8 Å². The van der Waals surface area contributed by atoms with E-state index in [0.29, 0.717) is 19.5 Å². The molecule has 1 N–H and O–H groups in total. The predicted molar refractivity (Wildman–Crippen MR) is 156 cm³/mol. The van der Waals surface area contributed by atoms with Gasteiger partial charge in [0, 0.05) is 13.1 Å². The first-order chi connectivity index (χ1) is 17.4. The van der Waals surface area contributed by atoms with Crippen LogP contribution in [0.15, 0.2) is 0 Å². The van der Waals surface area contributed by atoms with Gasteiger partial charge >= 0.3 is 7.60 Å². The molecule has 0 bridgehead atoms. The Morgan fingerprint density at radius 3 is 1.47 bits per heavy atom. The molecule has 0 rings (SSSR count). The molecule has 1 amide bonds. The standard InChI is InChI=1S/C30H62NO4P/c1-5-9-13-16-19-22-25-29(36(33,34)35-28-12-8-4)30(32)31(26-23-20-17-14-10-6-2)27-24-21-18-15-11-7-3/h29H,5-28H2,1-4H3,(H,33,34). The van der Waals surface area contributed by atoms with Gasteiger partial charge in [0.15, 0.2) is 0 Å². The van der Waals surface area contributed by atoms with E-state index in [2.05, 4.69) is 20.8 Å². The molecule has 6 heteroatoms. The Labute approximate surface area is 225 Å².